The largest absolute Gasteiger partial charge is 0.393 e. The number of carbonyl (C=O) groups is 1. The Morgan fingerprint density at radius 2 is 1.90 bits per heavy atom. The Hall–Kier alpha value is -0.780. The zero-order chi connectivity index (χ0) is 16.0. The third kappa shape index (κ3) is 6.24. The summed E-state index contributed by atoms with van der Waals surface area (Å²) in [5.41, 5.74) is 5.64. The van der Waals surface area contributed by atoms with E-state index in [9.17, 15) is 18.0 Å². The zero-order valence-corrected chi connectivity index (χ0v) is 12.9. The third-order valence-electron chi connectivity index (χ3n) is 4.14. The lowest BCUT2D eigenvalue weighted by Crippen LogP contribution is -2.48. The highest BCUT2D eigenvalue weighted by Gasteiger charge is 2.45. The number of halogens is 3. The predicted octanol–water partition coefficient (Wildman–Crippen LogP) is 3.23. The smallest absolute Gasteiger partial charge is 0.353 e. The lowest BCUT2D eigenvalue weighted by molar-refractivity contribution is -0.189. The van der Waals surface area contributed by atoms with Crippen molar-refractivity contribution in [3.05, 3.63) is 0 Å². The highest BCUT2D eigenvalue weighted by atomic mass is 19.4. The topological polar surface area (TPSA) is 55.1 Å². The minimum absolute atomic E-state index is 0.0397. The van der Waals surface area contributed by atoms with E-state index in [0.717, 1.165) is 12.8 Å². The van der Waals surface area contributed by atoms with Gasteiger partial charge in [0.1, 0.15) is 0 Å². The summed E-state index contributed by atoms with van der Waals surface area (Å²) >= 11 is 0. The molecule has 124 valence electrons. The molecule has 3 N–H and O–H groups in total. The van der Waals surface area contributed by atoms with Crippen LogP contribution in [0.25, 0.3) is 0 Å². The second-order valence-electron chi connectivity index (χ2n) is 6.54. The minimum atomic E-state index is -4.23. The van der Waals surface area contributed by atoms with Crippen LogP contribution in [0, 0.1) is 17.8 Å². The van der Waals surface area contributed by atoms with E-state index in [4.69, 9.17) is 5.73 Å². The van der Waals surface area contributed by atoms with E-state index in [0.29, 0.717) is 25.3 Å². The van der Waals surface area contributed by atoms with Crippen LogP contribution >= 0.6 is 0 Å². The number of hydrogen-bond donors (Lipinski definition) is 2. The van der Waals surface area contributed by atoms with Crippen molar-refractivity contribution >= 4 is 5.91 Å². The van der Waals surface area contributed by atoms with Crippen LogP contribution in [0.3, 0.4) is 0 Å². The van der Waals surface area contributed by atoms with Gasteiger partial charge in [-0.15, -0.1) is 0 Å². The number of amides is 1. The number of alkyl halides is 3. The first-order valence-electron chi connectivity index (χ1n) is 7.80. The molecule has 21 heavy (non-hydrogen) atoms. The second kappa shape index (κ2) is 8.01. The third-order valence-corrected chi connectivity index (χ3v) is 4.14. The summed E-state index contributed by atoms with van der Waals surface area (Å²) in [6, 6.07) is -0.774. The van der Waals surface area contributed by atoms with Gasteiger partial charge in [0.15, 0.2) is 0 Å². The summed E-state index contributed by atoms with van der Waals surface area (Å²) in [7, 11) is 0. The van der Waals surface area contributed by atoms with Crippen molar-refractivity contribution in [2.24, 2.45) is 23.5 Å². The van der Waals surface area contributed by atoms with Gasteiger partial charge in [-0.3, -0.25) is 4.79 Å². The highest BCUT2D eigenvalue weighted by Crippen LogP contribution is 2.37. The summed E-state index contributed by atoms with van der Waals surface area (Å²) in [5.74, 6) is -1.24. The molecule has 0 heterocycles. The van der Waals surface area contributed by atoms with Crippen molar-refractivity contribution in [1.82, 2.24) is 5.32 Å². The molecule has 1 rings (SSSR count). The lowest BCUT2D eigenvalue weighted by atomic mass is 9.83. The fourth-order valence-corrected chi connectivity index (χ4v) is 3.15. The molecule has 0 saturated heterocycles. The average molecular weight is 308 g/mol. The van der Waals surface area contributed by atoms with Gasteiger partial charge >= 0.3 is 6.18 Å². The van der Waals surface area contributed by atoms with Crippen LogP contribution < -0.4 is 11.1 Å². The van der Waals surface area contributed by atoms with Crippen molar-refractivity contribution in [2.45, 2.75) is 64.6 Å². The molecule has 1 fully saturated rings. The quantitative estimate of drug-likeness (QED) is 0.791. The Bertz CT molecular complexity index is 331. The van der Waals surface area contributed by atoms with Gasteiger partial charge in [0.2, 0.25) is 5.91 Å². The van der Waals surface area contributed by atoms with Gasteiger partial charge < -0.3 is 11.1 Å². The molecule has 0 radical (unpaired) electrons. The molecule has 0 spiro atoms. The number of carbonyl (C=O) groups excluding carboxylic acids is 1. The number of hydrogen-bond acceptors (Lipinski definition) is 2. The van der Waals surface area contributed by atoms with Crippen molar-refractivity contribution in [3.8, 4) is 0 Å². The lowest BCUT2D eigenvalue weighted by Gasteiger charge is -2.33. The summed E-state index contributed by atoms with van der Waals surface area (Å²) in [5, 5.41) is 2.60. The number of rotatable bonds is 6. The van der Waals surface area contributed by atoms with Crippen molar-refractivity contribution < 1.29 is 18.0 Å². The Morgan fingerprint density at radius 1 is 1.29 bits per heavy atom. The fourth-order valence-electron chi connectivity index (χ4n) is 3.15. The van der Waals surface area contributed by atoms with Crippen LogP contribution in [-0.4, -0.2) is 24.7 Å². The maximum atomic E-state index is 13.0. The van der Waals surface area contributed by atoms with Gasteiger partial charge in [0.05, 0.1) is 5.92 Å². The van der Waals surface area contributed by atoms with Gasteiger partial charge in [-0.1, -0.05) is 26.7 Å². The molecule has 0 bridgehead atoms. The summed E-state index contributed by atoms with van der Waals surface area (Å²) in [6.07, 6.45) is -1.36. The first-order valence-corrected chi connectivity index (χ1v) is 7.80. The molecular formula is C15H27F3N2O. The Balaban J connectivity index is 2.55. The molecule has 6 heteroatoms. The maximum absolute atomic E-state index is 13.0. The van der Waals surface area contributed by atoms with Crippen molar-refractivity contribution in [2.75, 3.05) is 6.54 Å². The van der Waals surface area contributed by atoms with Gasteiger partial charge in [0, 0.05) is 12.5 Å². The molecular weight excluding hydrogens is 281 g/mol. The highest BCUT2D eigenvalue weighted by molar-refractivity contribution is 5.76. The molecule has 0 aromatic rings. The van der Waals surface area contributed by atoms with E-state index in [1.165, 1.54) is 0 Å². The van der Waals surface area contributed by atoms with Crippen LogP contribution in [0.2, 0.25) is 0 Å². The molecule has 1 amide bonds. The zero-order valence-electron chi connectivity index (χ0n) is 12.9. The van der Waals surface area contributed by atoms with Crippen LogP contribution in [0.4, 0.5) is 13.2 Å². The van der Waals surface area contributed by atoms with Gasteiger partial charge in [-0.25, -0.2) is 0 Å². The molecule has 0 aromatic carbocycles. The van der Waals surface area contributed by atoms with Gasteiger partial charge in [-0.05, 0) is 37.6 Å². The summed E-state index contributed by atoms with van der Waals surface area (Å²) in [4.78, 5) is 12.0. The maximum Gasteiger partial charge on any atom is 0.393 e. The van der Waals surface area contributed by atoms with Crippen LogP contribution in [0.1, 0.15) is 52.4 Å². The normalized spacial score (nSPS) is 24.9. The van der Waals surface area contributed by atoms with Crippen LogP contribution in [0.5, 0.6) is 0 Å². The Morgan fingerprint density at radius 3 is 2.43 bits per heavy atom. The first-order chi connectivity index (χ1) is 9.74. The van der Waals surface area contributed by atoms with E-state index >= 15 is 0 Å². The molecule has 1 aliphatic carbocycles. The molecule has 0 aliphatic heterocycles. The average Bonchev–Trinajstić information content (AvgIpc) is 2.36. The van der Waals surface area contributed by atoms with E-state index in [-0.39, 0.29) is 24.7 Å². The van der Waals surface area contributed by atoms with Crippen LogP contribution in [0.15, 0.2) is 0 Å². The molecule has 0 aromatic heterocycles. The van der Waals surface area contributed by atoms with Crippen LogP contribution in [-0.2, 0) is 4.79 Å². The minimum Gasteiger partial charge on any atom is -0.353 e. The van der Waals surface area contributed by atoms with E-state index in [2.05, 4.69) is 5.32 Å². The molecule has 1 aliphatic rings. The fraction of sp³-hybridized carbons (Fsp3) is 0.933. The molecule has 2 unspecified atom stereocenters. The Labute approximate surface area is 124 Å². The van der Waals surface area contributed by atoms with Crippen molar-refractivity contribution in [3.63, 3.8) is 0 Å². The second-order valence-corrected chi connectivity index (χ2v) is 6.54. The van der Waals surface area contributed by atoms with E-state index in [1.54, 1.807) is 0 Å². The predicted molar refractivity (Wildman–Crippen MR) is 76.6 cm³/mol. The van der Waals surface area contributed by atoms with Gasteiger partial charge in [-0.2, -0.15) is 13.2 Å². The monoisotopic (exact) mass is 308 g/mol. The number of nitrogens with two attached hydrogens (primary N) is 1. The molecule has 1 saturated carbocycles. The van der Waals surface area contributed by atoms with E-state index < -0.39 is 18.1 Å². The molecule has 3 atom stereocenters. The summed E-state index contributed by atoms with van der Waals surface area (Å²) in [6.45, 7) is 4.47. The van der Waals surface area contributed by atoms with E-state index in [1.807, 2.05) is 13.8 Å². The molecule has 3 nitrogen and oxygen atoms in total. The summed E-state index contributed by atoms with van der Waals surface area (Å²) < 4.78 is 38.9. The number of nitrogens with one attached hydrogen (secondary N) is 1. The standard InChI is InChI=1S/C15H27F3N2O/c1-10(2)7-11(9-19)8-14(21)20-13-6-4-3-5-12(13)15(16,17)18/h10-13H,3-9,19H2,1-2H3,(H,20,21)/t11-,12?,13?/m0/s1. The van der Waals surface area contributed by atoms with Gasteiger partial charge in [0.25, 0.3) is 0 Å². The first kappa shape index (κ1) is 18.3. The van der Waals surface area contributed by atoms with Crippen molar-refractivity contribution in [1.29, 1.82) is 0 Å². The Kier molecular flexibility index (Phi) is 6.97. The SMILES string of the molecule is CC(C)C[C@H](CN)CC(=O)NC1CCCCC1C(F)(F)F.